The number of carbonyl (C=O) groups is 1. The van der Waals surface area contributed by atoms with E-state index >= 15 is 0 Å². The molecule has 0 aliphatic heterocycles. The number of nitrogen functional groups attached to an aromatic ring is 1. The average molecular weight is 276 g/mol. The van der Waals surface area contributed by atoms with Crippen LogP contribution in [-0.2, 0) is 4.74 Å². The van der Waals surface area contributed by atoms with E-state index in [1.165, 1.54) is 12.8 Å². The number of rotatable bonds is 4. The molecule has 0 saturated heterocycles. The molecule has 0 unspecified atom stereocenters. The van der Waals surface area contributed by atoms with Crippen LogP contribution in [0.2, 0.25) is 0 Å². The van der Waals surface area contributed by atoms with Crippen molar-refractivity contribution < 1.29 is 9.53 Å². The summed E-state index contributed by atoms with van der Waals surface area (Å²) >= 11 is 0. The number of hydrogen-bond donors (Lipinski definition) is 1. The lowest BCUT2D eigenvalue weighted by atomic mass is 9.85. The van der Waals surface area contributed by atoms with E-state index in [9.17, 15) is 4.79 Å². The van der Waals surface area contributed by atoms with E-state index in [1.54, 1.807) is 6.20 Å². The molecular formula is C16H24N2O2. The van der Waals surface area contributed by atoms with Gasteiger partial charge in [-0.3, -0.25) is 4.79 Å². The molecule has 0 amide bonds. The van der Waals surface area contributed by atoms with Crippen molar-refractivity contribution in [3.05, 3.63) is 23.4 Å². The summed E-state index contributed by atoms with van der Waals surface area (Å²) in [7, 11) is 0. The van der Waals surface area contributed by atoms with Gasteiger partial charge in [0.05, 0.1) is 5.56 Å². The minimum atomic E-state index is -0.700. The van der Waals surface area contributed by atoms with E-state index in [1.807, 2.05) is 19.9 Å². The number of pyridine rings is 1. The van der Waals surface area contributed by atoms with E-state index in [0.717, 1.165) is 31.2 Å². The number of nitrogens with zero attached hydrogens (tertiary/aromatic N) is 1. The van der Waals surface area contributed by atoms with Gasteiger partial charge in [0.15, 0.2) is 5.78 Å². The number of anilines is 1. The van der Waals surface area contributed by atoms with E-state index in [-0.39, 0.29) is 5.78 Å². The molecule has 1 fully saturated rings. The van der Waals surface area contributed by atoms with Crippen molar-refractivity contribution >= 4 is 11.6 Å². The van der Waals surface area contributed by atoms with Crippen molar-refractivity contribution in [3.8, 4) is 0 Å². The molecule has 110 valence electrons. The molecule has 20 heavy (non-hydrogen) atoms. The second-order valence-corrected chi connectivity index (χ2v) is 5.62. The molecule has 0 radical (unpaired) electrons. The number of ether oxygens (including phenoxy) is 1. The van der Waals surface area contributed by atoms with Gasteiger partial charge in [-0.2, -0.15) is 0 Å². The molecular weight excluding hydrogens is 252 g/mol. The highest BCUT2D eigenvalue weighted by atomic mass is 16.5. The molecule has 4 heteroatoms. The van der Waals surface area contributed by atoms with Crippen molar-refractivity contribution in [1.82, 2.24) is 4.98 Å². The zero-order valence-corrected chi connectivity index (χ0v) is 12.4. The summed E-state index contributed by atoms with van der Waals surface area (Å²) in [5.74, 6) is 0.318. The molecule has 2 rings (SSSR count). The number of aromatic nitrogens is 1. The van der Waals surface area contributed by atoms with Gasteiger partial charge >= 0.3 is 0 Å². The molecule has 0 spiro atoms. The summed E-state index contributed by atoms with van der Waals surface area (Å²) in [6.07, 6.45) is 7.66. The van der Waals surface area contributed by atoms with E-state index < -0.39 is 5.60 Å². The largest absolute Gasteiger partial charge is 0.383 e. The lowest BCUT2D eigenvalue weighted by Gasteiger charge is -2.31. The van der Waals surface area contributed by atoms with Gasteiger partial charge in [0, 0.05) is 12.8 Å². The Labute approximate surface area is 120 Å². The second-order valence-electron chi connectivity index (χ2n) is 5.62. The van der Waals surface area contributed by atoms with Crippen LogP contribution in [0.3, 0.4) is 0 Å². The molecule has 4 nitrogen and oxygen atoms in total. The van der Waals surface area contributed by atoms with Crippen LogP contribution >= 0.6 is 0 Å². The topological polar surface area (TPSA) is 65.2 Å². The number of nitrogens with two attached hydrogens (primary N) is 1. The summed E-state index contributed by atoms with van der Waals surface area (Å²) in [6, 6.07) is 1.83. The van der Waals surface area contributed by atoms with Gasteiger partial charge in [0.25, 0.3) is 0 Å². The predicted molar refractivity (Wildman–Crippen MR) is 79.8 cm³/mol. The highest BCUT2D eigenvalue weighted by Gasteiger charge is 2.40. The Kier molecular flexibility index (Phi) is 4.76. The molecule has 1 saturated carbocycles. The van der Waals surface area contributed by atoms with Crippen molar-refractivity contribution in [1.29, 1.82) is 0 Å². The fraction of sp³-hybridized carbons (Fsp3) is 0.625. The maximum atomic E-state index is 13.0. The van der Waals surface area contributed by atoms with Crippen LogP contribution in [0.5, 0.6) is 0 Å². The smallest absolute Gasteiger partial charge is 0.198 e. The van der Waals surface area contributed by atoms with Crippen LogP contribution in [0.15, 0.2) is 12.3 Å². The Morgan fingerprint density at radius 2 is 2.00 bits per heavy atom. The first-order valence-corrected chi connectivity index (χ1v) is 7.50. The third-order valence-electron chi connectivity index (χ3n) is 4.05. The third kappa shape index (κ3) is 3.01. The van der Waals surface area contributed by atoms with Crippen LogP contribution in [0.1, 0.15) is 61.4 Å². The lowest BCUT2D eigenvalue weighted by Crippen LogP contribution is -2.41. The van der Waals surface area contributed by atoms with Crippen LogP contribution in [0.25, 0.3) is 0 Å². The summed E-state index contributed by atoms with van der Waals surface area (Å²) in [5, 5.41) is 0. The maximum absolute atomic E-state index is 13.0. The highest BCUT2D eigenvalue weighted by molar-refractivity contribution is 6.05. The molecule has 1 aromatic heterocycles. The molecule has 0 atom stereocenters. The maximum Gasteiger partial charge on any atom is 0.198 e. The summed E-state index contributed by atoms with van der Waals surface area (Å²) in [6.45, 7) is 4.41. The SMILES string of the molecule is CCOC1(C(=O)c2cc(C)cnc2N)CCCCCC1. The van der Waals surface area contributed by atoms with Gasteiger partial charge in [-0.05, 0) is 38.3 Å². The van der Waals surface area contributed by atoms with E-state index in [0.29, 0.717) is 18.0 Å². The highest BCUT2D eigenvalue weighted by Crippen LogP contribution is 2.34. The minimum Gasteiger partial charge on any atom is -0.383 e. The van der Waals surface area contributed by atoms with Gasteiger partial charge in [0.1, 0.15) is 11.4 Å². The Morgan fingerprint density at radius 1 is 1.35 bits per heavy atom. The first-order chi connectivity index (χ1) is 9.59. The quantitative estimate of drug-likeness (QED) is 0.677. The Morgan fingerprint density at radius 3 is 2.60 bits per heavy atom. The summed E-state index contributed by atoms with van der Waals surface area (Å²) < 4.78 is 5.93. The number of Topliss-reactive ketones (excluding diaryl/α,β-unsaturated/α-hetero) is 1. The molecule has 0 aromatic carbocycles. The zero-order chi connectivity index (χ0) is 14.6. The fourth-order valence-electron chi connectivity index (χ4n) is 3.02. The average Bonchev–Trinajstić information content (AvgIpc) is 2.68. The van der Waals surface area contributed by atoms with Crippen molar-refractivity contribution in [3.63, 3.8) is 0 Å². The van der Waals surface area contributed by atoms with Crippen LogP contribution in [-0.4, -0.2) is 23.0 Å². The summed E-state index contributed by atoms with van der Waals surface area (Å²) in [4.78, 5) is 17.1. The van der Waals surface area contributed by atoms with Gasteiger partial charge in [-0.15, -0.1) is 0 Å². The Hall–Kier alpha value is -1.42. The zero-order valence-electron chi connectivity index (χ0n) is 12.4. The Bertz CT molecular complexity index is 477. The lowest BCUT2D eigenvalue weighted by molar-refractivity contribution is -0.0292. The van der Waals surface area contributed by atoms with Crippen LogP contribution < -0.4 is 5.73 Å². The van der Waals surface area contributed by atoms with Gasteiger partial charge < -0.3 is 10.5 Å². The minimum absolute atomic E-state index is 0.00921. The number of aryl methyl sites for hydroxylation is 1. The van der Waals surface area contributed by atoms with Gasteiger partial charge in [0.2, 0.25) is 0 Å². The Balaban J connectivity index is 2.37. The van der Waals surface area contributed by atoms with Gasteiger partial charge in [-0.1, -0.05) is 25.7 Å². The summed E-state index contributed by atoms with van der Waals surface area (Å²) in [5.41, 5.74) is 6.67. The fourth-order valence-corrected chi connectivity index (χ4v) is 3.02. The molecule has 1 aliphatic carbocycles. The van der Waals surface area contributed by atoms with E-state index in [4.69, 9.17) is 10.5 Å². The molecule has 1 aliphatic rings. The normalized spacial score (nSPS) is 18.5. The second kappa shape index (κ2) is 6.35. The number of carbonyl (C=O) groups excluding carboxylic acids is 1. The van der Waals surface area contributed by atoms with Crippen LogP contribution in [0, 0.1) is 6.92 Å². The standard InChI is InChI=1S/C16H24N2O2/c1-3-20-16(8-6-4-5-7-9-16)14(19)13-10-12(2)11-18-15(13)17/h10-11H,3-9H2,1-2H3,(H2,17,18). The number of hydrogen-bond acceptors (Lipinski definition) is 4. The number of ketones is 1. The van der Waals surface area contributed by atoms with Crippen molar-refractivity contribution in [2.75, 3.05) is 12.3 Å². The van der Waals surface area contributed by atoms with Crippen molar-refractivity contribution in [2.24, 2.45) is 0 Å². The first kappa shape index (κ1) is 15.0. The van der Waals surface area contributed by atoms with E-state index in [2.05, 4.69) is 4.98 Å². The molecule has 2 N–H and O–H groups in total. The molecule has 1 aromatic rings. The first-order valence-electron chi connectivity index (χ1n) is 7.50. The van der Waals surface area contributed by atoms with Crippen LogP contribution in [0.4, 0.5) is 5.82 Å². The van der Waals surface area contributed by atoms with Crippen molar-refractivity contribution in [2.45, 2.75) is 58.0 Å². The molecule has 0 bridgehead atoms. The molecule has 1 heterocycles. The van der Waals surface area contributed by atoms with Gasteiger partial charge in [-0.25, -0.2) is 4.98 Å². The monoisotopic (exact) mass is 276 g/mol. The third-order valence-corrected chi connectivity index (χ3v) is 4.05. The predicted octanol–water partition coefficient (Wildman–Crippen LogP) is 3.28.